The van der Waals surface area contributed by atoms with Crippen LogP contribution in [0.25, 0.3) is 0 Å². The number of aliphatic hydroxyl groups is 3. The van der Waals surface area contributed by atoms with Gasteiger partial charge in [-0.3, -0.25) is 4.79 Å². The number of phenols is 1. The summed E-state index contributed by atoms with van der Waals surface area (Å²) < 4.78 is 10.4. The molecule has 0 spiro atoms. The molecule has 0 bridgehead atoms. The molecule has 2 heterocycles. The summed E-state index contributed by atoms with van der Waals surface area (Å²) in [5.74, 6) is -1.69. The lowest BCUT2D eigenvalue weighted by atomic mass is 9.69. The number of fused-ring (bicyclic) bond motifs is 4. The third-order valence-corrected chi connectivity index (χ3v) is 4.92. The van der Waals surface area contributed by atoms with Gasteiger partial charge in [-0.15, -0.1) is 0 Å². The fraction of sp³-hybridized carbons (Fsp3) is 0.500. The van der Waals surface area contributed by atoms with E-state index in [4.69, 9.17) is 15.0 Å². The first-order valence-electron chi connectivity index (χ1n) is 7.52. The molecule has 1 fully saturated rings. The van der Waals surface area contributed by atoms with E-state index in [0.29, 0.717) is 0 Å². The summed E-state index contributed by atoms with van der Waals surface area (Å²) in [5.41, 5.74) is 7.13. The third-order valence-electron chi connectivity index (χ3n) is 4.92. The van der Waals surface area contributed by atoms with Crippen molar-refractivity contribution in [1.82, 2.24) is 10.2 Å². The molecule has 0 radical (unpaired) electrons. The van der Waals surface area contributed by atoms with Crippen LogP contribution in [0.2, 0.25) is 0 Å². The number of carbonyl (C=O) groups is 1. The molecule has 6 N–H and O–H groups in total. The maximum Gasteiger partial charge on any atom is 0.255 e. The zero-order valence-electron chi connectivity index (χ0n) is 12.7. The molecular weight excluding hydrogens is 336 g/mol. The fourth-order valence-corrected chi connectivity index (χ4v) is 3.78. The van der Waals surface area contributed by atoms with E-state index in [1.165, 1.54) is 6.07 Å². The lowest BCUT2D eigenvalue weighted by Gasteiger charge is -2.45. The van der Waals surface area contributed by atoms with Crippen LogP contribution in [0.15, 0.2) is 11.2 Å². The molecule has 1 saturated carbocycles. The van der Waals surface area contributed by atoms with Crippen molar-refractivity contribution in [2.24, 2.45) is 5.11 Å². The number of hydrogen-bond donors (Lipinski definition) is 6. The number of benzene rings is 1. The number of rotatable bonds is 1. The largest absolute Gasteiger partial charge is 0.504 e. The Balaban J connectivity index is 1.94. The molecule has 0 saturated heterocycles. The molecule has 0 aromatic heterocycles. The van der Waals surface area contributed by atoms with Crippen molar-refractivity contribution in [1.29, 1.82) is 5.53 Å². The molecule has 3 aliphatic rings. The molecular formula is C14H15N4O7+. The highest BCUT2D eigenvalue weighted by atomic mass is 16.7. The lowest BCUT2D eigenvalue weighted by molar-refractivity contribution is -0.113. The van der Waals surface area contributed by atoms with E-state index in [9.17, 15) is 25.2 Å². The van der Waals surface area contributed by atoms with Gasteiger partial charge >= 0.3 is 0 Å². The van der Waals surface area contributed by atoms with E-state index in [1.54, 1.807) is 0 Å². The van der Waals surface area contributed by atoms with Crippen LogP contribution >= 0.6 is 0 Å². The van der Waals surface area contributed by atoms with Crippen molar-refractivity contribution < 1.29 is 34.7 Å². The van der Waals surface area contributed by atoms with Crippen LogP contribution in [0.1, 0.15) is 21.8 Å². The summed E-state index contributed by atoms with van der Waals surface area (Å²) in [6, 6.07) is -0.633. The van der Waals surface area contributed by atoms with Gasteiger partial charge < -0.3 is 35.2 Å². The zero-order valence-corrected chi connectivity index (χ0v) is 12.7. The van der Waals surface area contributed by atoms with Crippen molar-refractivity contribution in [2.75, 3.05) is 6.79 Å². The molecule has 25 heavy (non-hydrogen) atoms. The second kappa shape index (κ2) is 5.39. The molecule has 4 rings (SSSR count). The predicted octanol–water partition coefficient (Wildman–Crippen LogP) is -1.67. The van der Waals surface area contributed by atoms with E-state index in [-0.39, 0.29) is 29.4 Å². The van der Waals surface area contributed by atoms with Crippen LogP contribution in [0.5, 0.6) is 17.2 Å². The van der Waals surface area contributed by atoms with Gasteiger partial charge in [-0.1, -0.05) is 0 Å². The summed E-state index contributed by atoms with van der Waals surface area (Å²) in [6.07, 6.45) is -4.57. The van der Waals surface area contributed by atoms with Gasteiger partial charge in [0.25, 0.3) is 5.91 Å². The maximum atomic E-state index is 12.4. The Kier molecular flexibility index (Phi) is 3.41. The van der Waals surface area contributed by atoms with Crippen LogP contribution in [-0.4, -0.2) is 63.5 Å². The second-order valence-electron chi connectivity index (χ2n) is 6.13. The number of phenolic OH excluding ortho intramolecular Hbond substituents is 1. The topological polar surface area (TPSA) is 179 Å². The summed E-state index contributed by atoms with van der Waals surface area (Å²) >= 11 is 0. The number of nitrogens with one attached hydrogen (secondary N) is 2. The monoisotopic (exact) mass is 351 g/mol. The van der Waals surface area contributed by atoms with Crippen molar-refractivity contribution in [2.45, 2.75) is 36.3 Å². The third kappa shape index (κ3) is 2.04. The number of ether oxygens (including phenoxy) is 2. The van der Waals surface area contributed by atoms with E-state index in [1.807, 2.05) is 0 Å². The zero-order chi connectivity index (χ0) is 17.9. The molecule has 11 heteroatoms. The predicted molar refractivity (Wildman–Crippen MR) is 77.3 cm³/mol. The number of aliphatic hydroxyl groups excluding tert-OH is 3. The molecule has 1 aromatic rings. The Morgan fingerprint density at radius 1 is 1.24 bits per heavy atom. The number of hydrogen-bond acceptors (Lipinski definition) is 9. The van der Waals surface area contributed by atoms with Crippen molar-refractivity contribution in [3.05, 3.63) is 17.2 Å². The normalized spacial score (nSPS) is 35.2. The molecule has 1 amide bonds. The SMILES string of the molecule is N=[N+]=NC1C(O)C(O)C(O)C2NC(=O)c3c(cc4c(c3O)OCO4)C12. The quantitative estimate of drug-likeness (QED) is 0.258. The van der Waals surface area contributed by atoms with E-state index >= 15 is 0 Å². The van der Waals surface area contributed by atoms with Gasteiger partial charge in [-0.2, -0.15) is 0 Å². The number of carbonyl (C=O) groups excluding carboxylic acids is 1. The van der Waals surface area contributed by atoms with Gasteiger partial charge in [-0.25, -0.2) is 0 Å². The van der Waals surface area contributed by atoms with Gasteiger partial charge in [0.15, 0.2) is 17.5 Å². The Bertz CT molecular complexity index is 809. The minimum Gasteiger partial charge on any atom is -0.504 e. The summed E-state index contributed by atoms with van der Waals surface area (Å²) in [7, 11) is 0. The molecule has 1 aromatic carbocycles. The fourth-order valence-electron chi connectivity index (χ4n) is 3.78. The molecule has 6 atom stereocenters. The first-order valence-corrected chi connectivity index (χ1v) is 7.52. The summed E-state index contributed by atoms with van der Waals surface area (Å²) in [5, 5.41) is 47.1. The van der Waals surface area contributed by atoms with Crippen LogP contribution in [0.3, 0.4) is 0 Å². The van der Waals surface area contributed by atoms with Gasteiger partial charge in [-0.05, 0) is 11.6 Å². The Labute approximate surface area is 140 Å². The molecule has 2 aliphatic heterocycles. The van der Waals surface area contributed by atoms with Crippen LogP contribution in [-0.2, 0) is 0 Å². The van der Waals surface area contributed by atoms with Gasteiger partial charge in [0.2, 0.25) is 17.5 Å². The first-order chi connectivity index (χ1) is 12.0. The maximum absolute atomic E-state index is 12.4. The minimum absolute atomic E-state index is 0.0305. The summed E-state index contributed by atoms with van der Waals surface area (Å²) in [6.45, 7) is -0.124. The highest BCUT2D eigenvalue weighted by Gasteiger charge is 2.56. The van der Waals surface area contributed by atoms with Crippen molar-refractivity contribution in [3.8, 4) is 17.2 Å². The van der Waals surface area contributed by atoms with E-state index < -0.39 is 48.0 Å². The summed E-state index contributed by atoms with van der Waals surface area (Å²) in [4.78, 5) is 15.4. The molecule has 1 aliphatic carbocycles. The van der Waals surface area contributed by atoms with Crippen LogP contribution in [0, 0.1) is 5.53 Å². The number of nitrogens with zero attached hydrogens (tertiary/aromatic N) is 2. The Morgan fingerprint density at radius 2 is 2.00 bits per heavy atom. The van der Waals surface area contributed by atoms with Gasteiger partial charge in [0.1, 0.15) is 29.0 Å². The lowest BCUT2D eigenvalue weighted by Crippen LogP contribution is -2.66. The number of aromatic hydroxyl groups is 1. The standard InChI is InChI=1S/C14H14N4O7/c15-18-17-8-5-3-1-4-13(25-2-24-4)9(19)6(3)14(23)16-7(5)10(20)12(22)11(8)21/h1,5,7-8,10-12,15,20-22H,2H2,(H-,16,19,23)/p+1. The smallest absolute Gasteiger partial charge is 0.255 e. The van der Waals surface area contributed by atoms with Crippen LogP contribution in [0.4, 0.5) is 0 Å². The number of amides is 1. The highest BCUT2D eigenvalue weighted by molar-refractivity contribution is 6.01. The highest BCUT2D eigenvalue weighted by Crippen LogP contribution is 2.50. The van der Waals surface area contributed by atoms with Crippen molar-refractivity contribution >= 4 is 5.91 Å². The first kappa shape index (κ1) is 15.8. The average Bonchev–Trinajstić information content (AvgIpc) is 3.06. The molecule has 11 nitrogen and oxygen atoms in total. The van der Waals surface area contributed by atoms with E-state index in [0.717, 1.165) is 0 Å². The Morgan fingerprint density at radius 3 is 2.72 bits per heavy atom. The molecule has 132 valence electrons. The van der Waals surface area contributed by atoms with Crippen LogP contribution < -0.4 is 19.7 Å². The van der Waals surface area contributed by atoms with Crippen molar-refractivity contribution in [3.63, 3.8) is 0 Å². The van der Waals surface area contributed by atoms with Gasteiger partial charge in [0.05, 0.1) is 11.6 Å². The van der Waals surface area contributed by atoms with E-state index in [2.05, 4.69) is 15.3 Å². The second-order valence-corrected chi connectivity index (χ2v) is 6.13. The minimum atomic E-state index is -1.58. The molecule has 6 unspecified atom stereocenters. The van der Waals surface area contributed by atoms with Gasteiger partial charge in [0, 0.05) is 5.92 Å². The average molecular weight is 351 g/mol. The Hall–Kier alpha value is -2.72.